The molecule has 0 radical (unpaired) electrons. The highest BCUT2D eigenvalue weighted by molar-refractivity contribution is 6.32. The third-order valence-electron chi connectivity index (χ3n) is 3.37. The number of nitrogens with one attached hydrogen (secondary N) is 1. The summed E-state index contributed by atoms with van der Waals surface area (Å²) in [6.07, 6.45) is 1.72. The summed E-state index contributed by atoms with van der Waals surface area (Å²) in [6, 6.07) is 10.6. The van der Waals surface area contributed by atoms with Gasteiger partial charge in [0.05, 0.1) is 30.9 Å². The van der Waals surface area contributed by atoms with Crippen LogP contribution in [0, 0.1) is 0 Å². The van der Waals surface area contributed by atoms with E-state index < -0.39 is 0 Å². The van der Waals surface area contributed by atoms with E-state index >= 15 is 0 Å². The molecule has 0 fully saturated rings. The van der Waals surface area contributed by atoms with Crippen LogP contribution in [0.3, 0.4) is 0 Å². The Balaban J connectivity index is 2.02. The third-order valence-corrected chi connectivity index (χ3v) is 3.65. The first-order valence-electron chi connectivity index (χ1n) is 8.29. The maximum atomic E-state index is 11.9. The third kappa shape index (κ3) is 5.67. The van der Waals surface area contributed by atoms with Crippen LogP contribution in [0.25, 0.3) is 0 Å². The molecule has 0 spiro atoms. The molecule has 0 saturated carbocycles. The monoisotopic (exact) mass is 375 g/mol. The second-order valence-electron chi connectivity index (χ2n) is 5.41. The zero-order chi connectivity index (χ0) is 18.9. The van der Waals surface area contributed by atoms with Crippen LogP contribution < -0.4 is 20.6 Å². The van der Waals surface area contributed by atoms with Crippen LogP contribution in [0.5, 0.6) is 11.5 Å². The average molecular weight is 376 g/mol. The zero-order valence-electron chi connectivity index (χ0n) is 14.8. The molecule has 2 rings (SSSR count). The molecular weight excluding hydrogens is 354 g/mol. The molecule has 0 unspecified atom stereocenters. The van der Waals surface area contributed by atoms with Gasteiger partial charge in [0.2, 0.25) is 5.91 Å². The molecule has 3 N–H and O–H groups in total. The Bertz CT molecular complexity index is 776. The average Bonchev–Trinajstić information content (AvgIpc) is 2.60. The molecule has 26 heavy (non-hydrogen) atoms. The summed E-state index contributed by atoms with van der Waals surface area (Å²) in [5, 5.41) is 4.39. The maximum Gasteiger partial charge on any atom is 0.244 e. The number of ether oxygens (including phenoxy) is 2. The first kappa shape index (κ1) is 19.6. The number of carbonyl (C=O) groups excluding carboxylic acids is 1. The smallest absolute Gasteiger partial charge is 0.244 e. The van der Waals surface area contributed by atoms with Crippen molar-refractivity contribution in [3.63, 3.8) is 0 Å². The van der Waals surface area contributed by atoms with E-state index in [-0.39, 0.29) is 12.3 Å². The highest BCUT2D eigenvalue weighted by atomic mass is 35.5. The SMILES string of the molecule is CCOc1cc(/C=N\NC(=O)Cc2ccc(N)cc2)cc(Cl)c1OCC. The minimum absolute atomic E-state index is 0.214. The minimum atomic E-state index is -0.229. The van der Waals surface area contributed by atoms with Gasteiger partial charge < -0.3 is 15.2 Å². The van der Waals surface area contributed by atoms with Gasteiger partial charge in [0.25, 0.3) is 0 Å². The Morgan fingerprint density at radius 2 is 1.88 bits per heavy atom. The van der Waals surface area contributed by atoms with Gasteiger partial charge in [-0.1, -0.05) is 23.7 Å². The molecule has 0 aliphatic rings. The number of rotatable bonds is 8. The number of halogens is 1. The number of hydrazone groups is 1. The number of carbonyl (C=O) groups is 1. The van der Waals surface area contributed by atoms with Crippen LogP contribution in [0.2, 0.25) is 5.02 Å². The summed E-state index contributed by atoms with van der Waals surface area (Å²) < 4.78 is 11.1. The second-order valence-corrected chi connectivity index (χ2v) is 5.81. The molecule has 0 atom stereocenters. The van der Waals surface area contributed by atoms with Gasteiger partial charge in [-0.05, 0) is 49.2 Å². The van der Waals surface area contributed by atoms with Crippen molar-refractivity contribution in [2.24, 2.45) is 5.10 Å². The molecule has 7 heteroatoms. The van der Waals surface area contributed by atoms with E-state index in [1.165, 1.54) is 6.21 Å². The summed E-state index contributed by atoms with van der Waals surface area (Å²) in [6.45, 7) is 4.71. The van der Waals surface area contributed by atoms with E-state index in [0.29, 0.717) is 41.0 Å². The zero-order valence-corrected chi connectivity index (χ0v) is 15.5. The lowest BCUT2D eigenvalue weighted by Gasteiger charge is -2.13. The van der Waals surface area contributed by atoms with Crippen molar-refractivity contribution in [2.75, 3.05) is 18.9 Å². The fourth-order valence-corrected chi connectivity index (χ4v) is 2.52. The number of nitrogens with zero attached hydrogens (tertiary/aromatic N) is 1. The Morgan fingerprint density at radius 3 is 2.54 bits per heavy atom. The standard InChI is InChI=1S/C19H22ClN3O3/c1-3-25-17-10-14(9-16(20)19(17)26-4-2)12-22-23-18(24)11-13-5-7-15(21)8-6-13/h5-10,12H,3-4,11,21H2,1-2H3,(H,23,24)/b22-12-. The van der Waals surface area contributed by atoms with Gasteiger partial charge in [0.1, 0.15) is 0 Å². The van der Waals surface area contributed by atoms with Crippen molar-refractivity contribution in [3.05, 3.63) is 52.5 Å². The molecule has 138 valence electrons. The van der Waals surface area contributed by atoms with E-state index in [1.54, 1.807) is 36.4 Å². The molecule has 0 bridgehead atoms. The molecule has 0 saturated heterocycles. The minimum Gasteiger partial charge on any atom is -0.490 e. The summed E-state index contributed by atoms with van der Waals surface area (Å²) in [5.74, 6) is 0.810. The van der Waals surface area contributed by atoms with Crippen molar-refractivity contribution in [2.45, 2.75) is 20.3 Å². The summed E-state index contributed by atoms with van der Waals surface area (Å²) >= 11 is 6.25. The lowest BCUT2D eigenvalue weighted by atomic mass is 10.1. The summed E-state index contributed by atoms with van der Waals surface area (Å²) in [7, 11) is 0. The lowest BCUT2D eigenvalue weighted by Crippen LogP contribution is -2.19. The summed E-state index contributed by atoms with van der Waals surface area (Å²) in [5.41, 5.74) is 10.3. The molecular formula is C19H22ClN3O3. The van der Waals surface area contributed by atoms with Crippen LogP contribution in [0.15, 0.2) is 41.5 Å². The first-order valence-corrected chi connectivity index (χ1v) is 8.66. The fraction of sp³-hybridized carbons (Fsp3) is 0.263. The molecule has 2 aromatic carbocycles. The predicted molar refractivity (Wildman–Crippen MR) is 104 cm³/mol. The molecule has 2 aromatic rings. The van der Waals surface area contributed by atoms with Gasteiger partial charge in [-0.25, -0.2) is 5.43 Å². The molecule has 1 amide bonds. The van der Waals surface area contributed by atoms with E-state index in [1.807, 2.05) is 13.8 Å². The van der Waals surface area contributed by atoms with Crippen LogP contribution >= 0.6 is 11.6 Å². The largest absolute Gasteiger partial charge is 0.490 e. The van der Waals surface area contributed by atoms with E-state index in [2.05, 4.69) is 10.5 Å². The van der Waals surface area contributed by atoms with Crippen molar-refractivity contribution < 1.29 is 14.3 Å². The van der Waals surface area contributed by atoms with Gasteiger partial charge in [-0.15, -0.1) is 0 Å². The lowest BCUT2D eigenvalue weighted by molar-refractivity contribution is -0.120. The number of hydrogen-bond donors (Lipinski definition) is 2. The molecule has 0 aromatic heterocycles. The normalized spacial score (nSPS) is 10.7. The van der Waals surface area contributed by atoms with Crippen LogP contribution in [0.4, 0.5) is 5.69 Å². The van der Waals surface area contributed by atoms with Crippen LogP contribution in [-0.2, 0) is 11.2 Å². The van der Waals surface area contributed by atoms with Gasteiger partial charge in [-0.3, -0.25) is 4.79 Å². The van der Waals surface area contributed by atoms with Gasteiger partial charge in [0, 0.05) is 5.69 Å². The van der Waals surface area contributed by atoms with E-state index in [9.17, 15) is 4.79 Å². The maximum absolute atomic E-state index is 11.9. The molecule has 0 heterocycles. The van der Waals surface area contributed by atoms with Crippen molar-refractivity contribution in [1.82, 2.24) is 5.43 Å². The quantitative estimate of drug-likeness (QED) is 0.420. The fourth-order valence-electron chi connectivity index (χ4n) is 2.25. The van der Waals surface area contributed by atoms with Gasteiger partial charge >= 0.3 is 0 Å². The van der Waals surface area contributed by atoms with Crippen LogP contribution in [0.1, 0.15) is 25.0 Å². The number of anilines is 1. The Kier molecular flexibility index (Phi) is 7.29. The highest BCUT2D eigenvalue weighted by Crippen LogP contribution is 2.36. The number of nitrogens with two attached hydrogens (primary N) is 1. The topological polar surface area (TPSA) is 85.9 Å². The van der Waals surface area contributed by atoms with Crippen molar-refractivity contribution >= 4 is 29.4 Å². The van der Waals surface area contributed by atoms with Gasteiger partial charge in [-0.2, -0.15) is 5.10 Å². The van der Waals surface area contributed by atoms with Crippen molar-refractivity contribution in [3.8, 4) is 11.5 Å². The Labute approximate surface area is 157 Å². The molecule has 0 aliphatic carbocycles. The highest BCUT2D eigenvalue weighted by Gasteiger charge is 2.11. The number of hydrogen-bond acceptors (Lipinski definition) is 5. The second kappa shape index (κ2) is 9.68. The van der Waals surface area contributed by atoms with Crippen LogP contribution in [-0.4, -0.2) is 25.3 Å². The number of amides is 1. The Morgan fingerprint density at radius 1 is 1.19 bits per heavy atom. The number of nitrogen functional groups attached to an aromatic ring is 1. The Hall–Kier alpha value is -2.73. The molecule has 0 aliphatic heterocycles. The summed E-state index contributed by atoms with van der Waals surface area (Å²) in [4.78, 5) is 11.9. The first-order chi connectivity index (χ1) is 12.5. The van der Waals surface area contributed by atoms with E-state index in [0.717, 1.165) is 5.56 Å². The molecule has 6 nitrogen and oxygen atoms in total. The van der Waals surface area contributed by atoms with Gasteiger partial charge in [0.15, 0.2) is 11.5 Å². The van der Waals surface area contributed by atoms with E-state index in [4.69, 9.17) is 26.8 Å². The number of benzene rings is 2. The predicted octanol–water partition coefficient (Wildman–Crippen LogP) is 3.41. The van der Waals surface area contributed by atoms with Crippen molar-refractivity contribution in [1.29, 1.82) is 0 Å².